The number of carbonyl (C=O) groups is 2. The molecule has 0 radical (unpaired) electrons. The largest absolute Gasteiger partial charge is 0.493 e. The van der Waals surface area contributed by atoms with Crippen molar-refractivity contribution in [1.29, 1.82) is 5.26 Å². The normalized spacial score (nSPS) is 15.3. The fourth-order valence-electron chi connectivity index (χ4n) is 3.28. The summed E-state index contributed by atoms with van der Waals surface area (Å²) in [5, 5.41) is 9.57. The number of nitriles is 1. The van der Waals surface area contributed by atoms with E-state index in [-0.39, 0.29) is 11.5 Å². The Kier molecular flexibility index (Phi) is 7.05. The van der Waals surface area contributed by atoms with E-state index in [2.05, 4.69) is 6.07 Å². The lowest BCUT2D eigenvalue weighted by Gasteiger charge is -2.38. The molecule has 1 aromatic rings. The minimum absolute atomic E-state index is 0.266. The number of nitrogens with zero attached hydrogens (tertiary/aromatic N) is 2. The van der Waals surface area contributed by atoms with Gasteiger partial charge in [-0.05, 0) is 38.0 Å². The van der Waals surface area contributed by atoms with Crippen LogP contribution in [0.2, 0.25) is 0 Å². The van der Waals surface area contributed by atoms with E-state index >= 15 is 0 Å². The molecule has 1 aliphatic rings. The van der Waals surface area contributed by atoms with Gasteiger partial charge in [-0.15, -0.1) is 0 Å². The van der Waals surface area contributed by atoms with Crippen LogP contribution in [0.15, 0.2) is 18.2 Å². The highest BCUT2D eigenvalue weighted by Gasteiger charge is 2.39. The molecule has 0 aromatic heterocycles. The summed E-state index contributed by atoms with van der Waals surface area (Å²) in [5.41, 5.74) is -0.536. The molecule has 7 nitrogen and oxygen atoms in total. The first-order chi connectivity index (χ1) is 13.0. The highest BCUT2D eigenvalue weighted by Crippen LogP contribution is 2.32. The molecule has 1 saturated carbocycles. The number of rotatable bonds is 7. The standard InChI is InChI=1S/C20H26N2O5/c1-4-26-17-12-15(8-9-16(17)25-3)19(24)27-13-18(23)22(2)20(14-21)10-6-5-7-11-20/h8-9,12H,4-7,10-11,13H2,1-3H3. The zero-order valence-electron chi connectivity index (χ0n) is 16.1. The van der Waals surface area contributed by atoms with Gasteiger partial charge in [0, 0.05) is 7.05 Å². The SMILES string of the molecule is CCOc1cc(C(=O)OCC(=O)N(C)C2(C#N)CCCCC2)ccc1OC. The summed E-state index contributed by atoms with van der Waals surface area (Å²) in [5.74, 6) is -0.0682. The summed E-state index contributed by atoms with van der Waals surface area (Å²) in [4.78, 5) is 26.2. The smallest absolute Gasteiger partial charge is 0.338 e. The number of methoxy groups -OCH3 is 1. The third-order valence-corrected chi connectivity index (χ3v) is 4.93. The zero-order chi connectivity index (χ0) is 19.9. The average Bonchev–Trinajstić information content (AvgIpc) is 2.71. The van der Waals surface area contributed by atoms with Crippen molar-refractivity contribution in [3.05, 3.63) is 23.8 Å². The Morgan fingerprint density at radius 1 is 1.22 bits per heavy atom. The molecule has 0 unspecified atom stereocenters. The molecule has 1 fully saturated rings. The Bertz CT molecular complexity index is 720. The van der Waals surface area contributed by atoms with Crippen LogP contribution in [0.3, 0.4) is 0 Å². The van der Waals surface area contributed by atoms with Gasteiger partial charge in [-0.1, -0.05) is 19.3 Å². The Morgan fingerprint density at radius 2 is 1.93 bits per heavy atom. The van der Waals surface area contributed by atoms with Crippen molar-refractivity contribution in [1.82, 2.24) is 4.90 Å². The maximum atomic E-state index is 12.5. The molecule has 0 spiro atoms. The van der Waals surface area contributed by atoms with Crippen LogP contribution < -0.4 is 9.47 Å². The van der Waals surface area contributed by atoms with Crippen LogP contribution in [0.1, 0.15) is 49.4 Å². The van der Waals surface area contributed by atoms with E-state index < -0.39 is 18.1 Å². The quantitative estimate of drug-likeness (QED) is 0.682. The molecule has 2 rings (SSSR count). The number of carbonyl (C=O) groups excluding carboxylic acids is 2. The van der Waals surface area contributed by atoms with Crippen molar-refractivity contribution < 1.29 is 23.8 Å². The Hall–Kier alpha value is -2.75. The highest BCUT2D eigenvalue weighted by atomic mass is 16.5. The van der Waals surface area contributed by atoms with Crippen LogP contribution >= 0.6 is 0 Å². The summed E-state index contributed by atoms with van der Waals surface area (Å²) in [6.45, 7) is 1.85. The number of esters is 1. The number of likely N-dealkylation sites (N-methyl/N-ethyl adjacent to an activating group) is 1. The van der Waals surface area contributed by atoms with E-state index in [1.54, 1.807) is 19.2 Å². The molecule has 1 aromatic carbocycles. The van der Waals surface area contributed by atoms with E-state index in [0.717, 1.165) is 19.3 Å². The highest BCUT2D eigenvalue weighted by molar-refractivity contribution is 5.92. The number of ether oxygens (including phenoxy) is 3. The van der Waals surface area contributed by atoms with Gasteiger partial charge in [0.15, 0.2) is 18.1 Å². The van der Waals surface area contributed by atoms with Gasteiger partial charge in [0.1, 0.15) is 5.54 Å². The Morgan fingerprint density at radius 3 is 2.52 bits per heavy atom. The van der Waals surface area contributed by atoms with Gasteiger partial charge in [-0.2, -0.15) is 5.26 Å². The second-order valence-corrected chi connectivity index (χ2v) is 6.53. The molecule has 0 heterocycles. The van der Waals surface area contributed by atoms with Gasteiger partial charge in [-0.3, -0.25) is 4.79 Å². The second-order valence-electron chi connectivity index (χ2n) is 6.53. The van der Waals surface area contributed by atoms with Crippen molar-refractivity contribution in [2.45, 2.75) is 44.6 Å². The molecule has 27 heavy (non-hydrogen) atoms. The van der Waals surface area contributed by atoms with Gasteiger partial charge in [0.05, 0.1) is 25.3 Å². The van der Waals surface area contributed by atoms with Gasteiger partial charge >= 0.3 is 5.97 Å². The molecule has 146 valence electrons. The van der Waals surface area contributed by atoms with Crippen molar-refractivity contribution in [2.24, 2.45) is 0 Å². The fourth-order valence-corrected chi connectivity index (χ4v) is 3.28. The van der Waals surface area contributed by atoms with Crippen LogP contribution in [0.5, 0.6) is 11.5 Å². The van der Waals surface area contributed by atoms with Gasteiger partial charge in [0.25, 0.3) is 5.91 Å². The lowest BCUT2D eigenvalue weighted by Crippen LogP contribution is -2.51. The molecule has 0 N–H and O–H groups in total. The number of benzene rings is 1. The lowest BCUT2D eigenvalue weighted by molar-refractivity contribution is -0.138. The first kappa shape index (κ1) is 20.6. The van der Waals surface area contributed by atoms with Crippen LogP contribution in [0.4, 0.5) is 0 Å². The predicted octanol–water partition coefficient (Wildman–Crippen LogP) is 2.94. The van der Waals surface area contributed by atoms with Gasteiger partial charge in [0.2, 0.25) is 0 Å². The van der Waals surface area contributed by atoms with Crippen molar-refractivity contribution in [2.75, 3.05) is 27.4 Å². The van der Waals surface area contributed by atoms with Crippen molar-refractivity contribution in [3.8, 4) is 17.6 Å². The average molecular weight is 374 g/mol. The van der Waals surface area contributed by atoms with Gasteiger partial charge in [-0.25, -0.2) is 4.79 Å². The van der Waals surface area contributed by atoms with E-state index in [0.29, 0.717) is 30.9 Å². The molecule has 0 atom stereocenters. The number of hydrogen-bond donors (Lipinski definition) is 0. The van der Waals surface area contributed by atoms with Crippen LogP contribution in [0.25, 0.3) is 0 Å². The fraction of sp³-hybridized carbons (Fsp3) is 0.550. The number of amides is 1. The first-order valence-electron chi connectivity index (χ1n) is 9.13. The molecule has 1 aliphatic carbocycles. The van der Waals surface area contributed by atoms with Crippen LogP contribution in [-0.4, -0.2) is 49.7 Å². The summed E-state index contributed by atoms with van der Waals surface area (Å²) in [6, 6.07) is 6.98. The molecular formula is C20H26N2O5. The molecule has 0 aliphatic heterocycles. The molecule has 1 amide bonds. The minimum Gasteiger partial charge on any atom is -0.493 e. The third kappa shape index (κ3) is 4.70. The lowest BCUT2D eigenvalue weighted by atomic mass is 9.81. The summed E-state index contributed by atoms with van der Waals surface area (Å²) < 4.78 is 15.8. The van der Waals surface area contributed by atoms with Crippen LogP contribution in [0, 0.1) is 11.3 Å². The Balaban J connectivity index is 2.01. The third-order valence-electron chi connectivity index (χ3n) is 4.93. The predicted molar refractivity (Wildman–Crippen MR) is 98.6 cm³/mol. The monoisotopic (exact) mass is 374 g/mol. The maximum Gasteiger partial charge on any atom is 0.338 e. The number of hydrogen-bond acceptors (Lipinski definition) is 6. The summed E-state index contributed by atoms with van der Waals surface area (Å²) >= 11 is 0. The van der Waals surface area contributed by atoms with Crippen molar-refractivity contribution in [3.63, 3.8) is 0 Å². The van der Waals surface area contributed by atoms with E-state index in [9.17, 15) is 14.9 Å². The van der Waals surface area contributed by atoms with E-state index in [1.165, 1.54) is 18.1 Å². The molecule has 0 bridgehead atoms. The Labute approximate surface area is 159 Å². The molecule has 0 saturated heterocycles. The summed E-state index contributed by atoms with van der Waals surface area (Å²) in [6.07, 6.45) is 4.19. The minimum atomic E-state index is -0.802. The second kappa shape index (κ2) is 9.26. The van der Waals surface area contributed by atoms with Crippen LogP contribution in [-0.2, 0) is 9.53 Å². The van der Waals surface area contributed by atoms with Gasteiger partial charge < -0.3 is 19.1 Å². The first-order valence-corrected chi connectivity index (χ1v) is 9.13. The summed E-state index contributed by atoms with van der Waals surface area (Å²) in [7, 11) is 3.12. The van der Waals surface area contributed by atoms with Crippen molar-refractivity contribution >= 4 is 11.9 Å². The zero-order valence-corrected chi connectivity index (χ0v) is 16.1. The maximum absolute atomic E-state index is 12.5. The molecular weight excluding hydrogens is 348 g/mol. The van der Waals surface area contributed by atoms with E-state index in [1.807, 2.05) is 6.92 Å². The molecule has 7 heteroatoms. The van der Waals surface area contributed by atoms with E-state index in [4.69, 9.17) is 14.2 Å². The topological polar surface area (TPSA) is 88.9 Å².